The van der Waals surface area contributed by atoms with E-state index in [0.29, 0.717) is 33.8 Å². The van der Waals surface area contributed by atoms with Crippen molar-refractivity contribution >= 4 is 45.7 Å². The van der Waals surface area contributed by atoms with Crippen LogP contribution in [0.15, 0.2) is 12.1 Å². The minimum Gasteiger partial charge on any atom is -0.376 e. The maximum absolute atomic E-state index is 6.37. The SMILES string of the molecule is Clc1cc(Cl)c2nc3c(c(Cl)c2c1)COCC3. The van der Waals surface area contributed by atoms with Crippen LogP contribution in [-0.4, -0.2) is 11.6 Å². The lowest BCUT2D eigenvalue weighted by Gasteiger charge is -2.18. The maximum atomic E-state index is 6.37. The molecule has 17 heavy (non-hydrogen) atoms. The Morgan fingerprint density at radius 3 is 2.82 bits per heavy atom. The molecule has 0 aliphatic carbocycles. The second kappa shape index (κ2) is 4.29. The van der Waals surface area contributed by atoms with Crippen molar-refractivity contribution in [2.24, 2.45) is 0 Å². The van der Waals surface area contributed by atoms with E-state index in [4.69, 9.17) is 39.5 Å². The molecule has 1 aliphatic heterocycles. The number of benzene rings is 1. The summed E-state index contributed by atoms with van der Waals surface area (Å²) in [5.74, 6) is 0. The number of pyridine rings is 1. The van der Waals surface area contributed by atoms with E-state index in [1.165, 1.54) is 0 Å². The van der Waals surface area contributed by atoms with Gasteiger partial charge in [-0.2, -0.15) is 0 Å². The zero-order valence-corrected chi connectivity index (χ0v) is 11.0. The molecule has 0 atom stereocenters. The quantitative estimate of drug-likeness (QED) is 0.722. The van der Waals surface area contributed by atoms with Crippen LogP contribution in [0.5, 0.6) is 0 Å². The monoisotopic (exact) mass is 287 g/mol. The minimum absolute atomic E-state index is 0.501. The zero-order valence-electron chi connectivity index (χ0n) is 8.77. The predicted octanol–water partition coefficient (Wildman–Crippen LogP) is 4.27. The van der Waals surface area contributed by atoms with Gasteiger partial charge in [-0.3, -0.25) is 4.98 Å². The van der Waals surface area contributed by atoms with Gasteiger partial charge in [0.25, 0.3) is 0 Å². The summed E-state index contributed by atoms with van der Waals surface area (Å²) in [6, 6.07) is 3.47. The second-order valence-electron chi connectivity index (χ2n) is 3.94. The van der Waals surface area contributed by atoms with Crippen LogP contribution in [0.3, 0.4) is 0 Å². The Balaban J connectivity index is 2.40. The molecule has 88 valence electrons. The Morgan fingerprint density at radius 2 is 2.00 bits per heavy atom. The van der Waals surface area contributed by atoms with E-state index in [0.717, 1.165) is 23.1 Å². The van der Waals surface area contributed by atoms with Gasteiger partial charge in [0.05, 0.1) is 34.5 Å². The molecular weight excluding hydrogens is 280 g/mol. The summed E-state index contributed by atoms with van der Waals surface area (Å²) in [5, 5.41) is 2.52. The van der Waals surface area contributed by atoms with Crippen LogP contribution in [0.1, 0.15) is 11.3 Å². The number of ether oxygens (including phenoxy) is 1. The molecule has 0 unspecified atom stereocenters. The molecule has 2 heterocycles. The average Bonchev–Trinajstić information content (AvgIpc) is 2.31. The molecule has 2 nitrogen and oxygen atoms in total. The molecule has 1 aromatic heterocycles. The highest BCUT2D eigenvalue weighted by atomic mass is 35.5. The van der Waals surface area contributed by atoms with Gasteiger partial charge in [0.1, 0.15) is 0 Å². The molecule has 0 bridgehead atoms. The number of rotatable bonds is 0. The van der Waals surface area contributed by atoms with Crippen LogP contribution in [0, 0.1) is 0 Å². The van der Waals surface area contributed by atoms with E-state index in [9.17, 15) is 0 Å². The summed E-state index contributed by atoms with van der Waals surface area (Å²) in [6.45, 7) is 1.17. The number of hydrogen-bond donors (Lipinski definition) is 0. The van der Waals surface area contributed by atoms with Gasteiger partial charge in [-0.1, -0.05) is 34.8 Å². The van der Waals surface area contributed by atoms with Crippen LogP contribution < -0.4 is 0 Å². The summed E-state index contributed by atoms with van der Waals surface area (Å²) in [5.41, 5.74) is 2.63. The smallest absolute Gasteiger partial charge is 0.0907 e. The molecule has 0 fully saturated rings. The summed E-state index contributed by atoms with van der Waals surface area (Å²) in [6.07, 6.45) is 0.768. The van der Waals surface area contributed by atoms with Gasteiger partial charge in [0.2, 0.25) is 0 Å². The Hall–Kier alpha value is -0.540. The van der Waals surface area contributed by atoms with Crippen LogP contribution in [0.2, 0.25) is 15.1 Å². The zero-order chi connectivity index (χ0) is 12.0. The fourth-order valence-corrected chi connectivity index (χ4v) is 2.88. The summed E-state index contributed by atoms with van der Waals surface area (Å²) >= 11 is 18.5. The molecule has 2 aromatic rings. The Kier molecular flexibility index (Phi) is 2.91. The first-order valence-electron chi connectivity index (χ1n) is 5.20. The molecule has 0 amide bonds. The highest BCUT2D eigenvalue weighted by molar-refractivity contribution is 6.41. The third-order valence-electron chi connectivity index (χ3n) is 2.85. The van der Waals surface area contributed by atoms with E-state index >= 15 is 0 Å². The molecule has 1 aliphatic rings. The van der Waals surface area contributed by atoms with E-state index in [1.54, 1.807) is 12.1 Å². The molecule has 3 rings (SSSR count). The van der Waals surface area contributed by atoms with Crippen molar-refractivity contribution < 1.29 is 4.74 Å². The Bertz CT molecular complexity index is 612. The summed E-state index contributed by atoms with van der Waals surface area (Å²) < 4.78 is 5.40. The van der Waals surface area contributed by atoms with Gasteiger partial charge in [0.15, 0.2) is 0 Å². The first-order chi connectivity index (χ1) is 8.16. The number of aromatic nitrogens is 1. The van der Waals surface area contributed by atoms with Crippen molar-refractivity contribution in [3.63, 3.8) is 0 Å². The van der Waals surface area contributed by atoms with E-state index < -0.39 is 0 Å². The largest absolute Gasteiger partial charge is 0.376 e. The number of halogens is 3. The van der Waals surface area contributed by atoms with Crippen LogP contribution in [-0.2, 0) is 17.8 Å². The van der Waals surface area contributed by atoms with Gasteiger partial charge >= 0.3 is 0 Å². The molecule has 0 saturated carbocycles. The van der Waals surface area contributed by atoms with Crippen molar-refractivity contribution in [3.8, 4) is 0 Å². The van der Waals surface area contributed by atoms with E-state index in [2.05, 4.69) is 4.98 Å². The lowest BCUT2D eigenvalue weighted by molar-refractivity contribution is 0.109. The summed E-state index contributed by atoms with van der Waals surface area (Å²) in [4.78, 5) is 4.56. The fraction of sp³-hybridized carbons (Fsp3) is 0.250. The first-order valence-corrected chi connectivity index (χ1v) is 6.34. The lowest BCUT2D eigenvalue weighted by Crippen LogP contribution is -2.12. The van der Waals surface area contributed by atoms with Gasteiger partial charge in [-0.25, -0.2) is 0 Å². The molecule has 0 saturated heterocycles. The number of hydrogen-bond acceptors (Lipinski definition) is 2. The minimum atomic E-state index is 0.501. The van der Waals surface area contributed by atoms with Crippen molar-refractivity contribution in [1.82, 2.24) is 4.98 Å². The molecule has 0 spiro atoms. The van der Waals surface area contributed by atoms with Gasteiger partial charge in [-0.05, 0) is 12.1 Å². The molecular formula is C12H8Cl3NO. The van der Waals surface area contributed by atoms with Crippen LogP contribution in [0.25, 0.3) is 10.9 Å². The summed E-state index contributed by atoms with van der Waals surface area (Å²) in [7, 11) is 0. The highest BCUT2D eigenvalue weighted by Crippen LogP contribution is 2.35. The topological polar surface area (TPSA) is 22.1 Å². The molecule has 1 aromatic carbocycles. The van der Waals surface area contributed by atoms with Crippen molar-refractivity contribution in [3.05, 3.63) is 38.5 Å². The Labute approximate surface area is 113 Å². The van der Waals surface area contributed by atoms with Gasteiger partial charge in [-0.15, -0.1) is 0 Å². The average molecular weight is 289 g/mol. The highest BCUT2D eigenvalue weighted by Gasteiger charge is 2.18. The lowest BCUT2D eigenvalue weighted by atomic mass is 10.1. The third-order valence-corrected chi connectivity index (χ3v) is 3.79. The van der Waals surface area contributed by atoms with Gasteiger partial charge < -0.3 is 4.74 Å². The van der Waals surface area contributed by atoms with Crippen molar-refractivity contribution in [1.29, 1.82) is 0 Å². The Morgan fingerprint density at radius 1 is 1.18 bits per heavy atom. The number of nitrogens with zero attached hydrogens (tertiary/aromatic N) is 1. The molecule has 0 N–H and O–H groups in total. The van der Waals surface area contributed by atoms with Crippen LogP contribution in [0.4, 0.5) is 0 Å². The number of fused-ring (bicyclic) bond motifs is 2. The maximum Gasteiger partial charge on any atom is 0.0907 e. The predicted molar refractivity (Wildman–Crippen MR) is 70.1 cm³/mol. The van der Waals surface area contributed by atoms with Crippen LogP contribution >= 0.6 is 34.8 Å². The normalized spacial score (nSPS) is 15.0. The standard InChI is InChI=1S/C12H8Cl3NO/c13-6-3-7-11(15)8-5-17-2-1-10(8)16-12(7)9(14)4-6/h3-4H,1-2,5H2. The first kappa shape index (κ1) is 11.5. The van der Waals surface area contributed by atoms with Crippen molar-refractivity contribution in [2.45, 2.75) is 13.0 Å². The van der Waals surface area contributed by atoms with E-state index in [1.807, 2.05) is 0 Å². The van der Waals surface area contributed by atoms with Crippen molar-refractivity contribution in [2.75, 3.05) is 6.61 Å². The molecule has 0 radical (unpaired) electrons. The molecule has 5 heteroatoms. The van der Waals surface area contributed by atoms with E-state index in [-0.39, 0.29) is 0 Å². The third kappa shape index (κ3) is 1.89. The second-order valence-corrected chi connectivity index (χ2v) is 5.16. The van der Waals surface area contributed by atoms with Gasteiger partial charge in [0, 0.05) is 22.4 Å². The fourth-order valence-electron chi connectivity index (χ4n) is 2.04.